The van der Waals surface area contributed by atoms with Crippen LogP contribution in [-0.4, -0.2) is 11.7 Å². The lowest BCUT2D eigenvalue weighted by molar-refractivity contribution is -0.121. The summed E-state index contributed by atoms with van der Waals surface area (Å²) >= 11 is 12.2. The second-order valence-corrected chi connectivity index (χ2v) is 7.00. The second kappa shape index (κ2) is 5.47. The number of nitrogens with one attached hydrogen (secondary N) is 1. The van der Waals surface area contributed by atoms with Crippen LogP contribution in [0.5, 0.6) is 0 Å². The average Bonchev–Trinajstić information content (AvgIpc) is 2.81. The molecule has 0 bridgehead atoms. The van der Waals surface area contributed by atoms with Crippen LogP contribution in [0, 0.1) is 0 Å². The number of ketones is 1. The van der Waals surface area contributed by atoms with Gasteiger partial charge >= 0.3 is 0 Å². The molecule has 5 heteroatoms. The van der Waals surface area contributed by atoms with Crippen molar-refractivity contribution < 1.29 is 9.59 Å². The number of fused-ring (bicyclic) bond motifs is 2. The number of hydrogen-bond donors (Lipinski definition) is 1. The molecule has 1 aliphatic carbocycles. The molecule has 0 unspecified atom stereocenters. The van der Waals surface area contributed by atoms with Crippen molar-refractivity contribution in [2.75, 3.05) is 5.32 Å². The molecular formula is C19H13Cl2NO2. The van der Waals surface area contributed by atoms with Gasteiger partial charge in [0.25, 0.3) is 0 Å². The van der Waals surface area contributed by atoms with Crippen LogP contribution in [0.25, 0.3) is 0 Å². The van der Waals surface area contributed by atoms with Gasteiger partial charge in [-0.3, -0.25) is 9.59 Å². The minimum Gasteiger partial charge on any atom is -0.325 e. The number of rotatable bonds is 1. The summed E-state index contributed by atoms with van der Waals surface area (Å²) in [5.41, 5.74) is 1.49. The van der Waals surface area contributed by atoms with Gasteiger partial charge in [-0.25, -0.2) is 0 Å². The Morgan fingerprint density at radius 1 is 1.04 bits per heavy atom. The number of hydrogen-bond acceptors (Lipinski definition) is 2. The first-order chi connectivity index (χ1) is 11.5. The fraction of sp³-hybridized carbons (Fsp3) is 0.158. The van der Waals surface area contributed by atoms with Crippen molar-refractivity contribution in [1.29, 1.82) is 0 Å². The van der Waals surface area contributed by atoms with Gasteiger partial charge in [-0.2, -0.15) is 0 Å². The summed E-state index contributed by atoms with van der Waals surface area (Å²) in [5.74, 6) is -0.453. The molecule has 2 aromatic carbocycles. The maximum absolute atomic E-state index is 12.9. The van der Waals surface area contributed by atoms with Gasteiger partial charge in [0.1, 0.15) is 5.41 Å². The zero-order valence-corrected chi connectivity index (χ0v) is 14.1. The highest BCUT2D eigenvalue weighted by molar-refractivity contribution is 6.31. The van der Waals surface area contributed by atoms with Crippen molar-refractivity contribution in [1.82, 2.24) is 0 Å². The minimum atomic E-state index is -0.918. The second-order valence-electron chi connectivity index (χ2n) is 6.12. The van der Waals surface area contributed by atoms with E-state index in [0.29, 0.717) is 15.7 Å². The molecule has 1 amide bonds. The molecule has 24 heavy (non-hydrogen) atoms. The number of allylic oxidation sites excluding steroid dienone is 1. The number of halogens is 2. The van der Waals surface area contributed by atoms with Crippen molar-refractivity contribution in [2.45, 2.75) is 17.8 Å². The molecule has 1 aliphatic heterocycles. The fourth-order valence-electron chi connectivity index (χ4n) is 3.71. The van der Waals surface area contributed by atoms with Crippen molar-refractivity contribution in [3.8, 4) is 0 Å². The van der Waals surface area contributed by atoms with Crippen LogP contribution in [-0.2, 0) is 15.0 Å². The summed E-state index contributed by atoms with van der Waals surface area (Å²) in [4.78, 5) is 25.0. The Balaban J connectivity index is 1.95. The summed E-state index contributed by atoms with van der Waals surface area (Å²) in [6, 6.07) is 12.7. The molecule has 0 aromatic heterocycles. The monoisotopic (exact) mass is 357 g/mol. The van der Waals surface area contributed by atoms with Gasteiger partial charge in [0, 0.05) is 28.1 Å². The van der Waals surface area contributed by atoms with Gasteiger partial charge < -0.3 is 5.32 Å². The molecule has 0 saturated carbocycles. The molecule has 1 N–H and O–H groups in total. The molecule has 2 aliphatic rings. The van der Waals surface area contributed by atoms with E-state index in [1.165, 1.54) is 6.08 Å². The average molecular weight is 358 g/mol. The Labute approximate surface area is 149 Å². The highest BCUT2D eigenvalue weighted by Crippen LogP contribution is 2.52. The van der Waals surface area contributed by atoms with E-state index in [1.807, 2.05) is 24.3 Å². The van der Waals surface area contributed by atoms with Crippen LogP contribution in [0.2, 0.25) is 10.0 Å². The van der Waals surface area contributed by atoms with Gasteiger partial charge in [0.05, 0.1) is 0 Å². The third kappa shape index (κ3) is 2.20. The van der Waals surface area contributed by atoms with Crippen molar-refractivity contribution in [2.24, 2.45) is 0 Å². The zero-order chi connectivity index (χ0) is 16.9. The van der Waals surface area contributed by atoms with E-state index >= 15 is 0 Å². The Bertz CT molecular complexity index is 906. The largest absolute Gasteiger partial charge is 0.325 e. The molecule has 1 heterocycles. The summed E-state index contributed by atoms with van der Waals surface area (Å²) in [6.07, 6.45) is 3.48. The van der Waals surface area contributed by atoms with E-state index in [4.69, 9.17) is 23.2 Å². The first-order valence-electron chi connectivity index (χ1n) is 7.60. The van der Waals surface area contributed by atoms with Crippen molar-refractivity contribution in [3.63, 3.8) is 0 Å². The number of benzene rings is 2. The molecule has 120 valence electrons. The maximum Gasteiger partial charge on any atom is 0.239 e. The number of carbonyl (C=O) groups is 2. The third-order valence-electron chi connectivity index (χ3n) is 4.79. The first kappa shape index (κ1) is 15.4. The van der Waals surface area contributed by atoms with Crippen LogP contribution < -0.4 is 5.32 Å². The predicted octanol–water partition coefficient (Wildman–Crippen LogP) is 4.50. The highest BCUT2D eigenvalue weighted by Gasteiger charge is 2.53. The fourth-order valence-corrected chi connectivity index (χ4v) is 4.09. The lowest BCUT2D eigenvalue weighted by Crippen LogP contribution is -2.41. The molecule has 3 nitrogen and oxygen atoms in total. The van der Waals surface area contributed by atoms with Gasteiger partial charge in [-0.15, -0.1) is 0 Å². The lowest BCUT2D eigenvalue weighted by Gasteiger charge is -2.36. The van der Waals surface area contributed by atoms with Crippen LogP contribution in [0.4, 0.5) is 5.69 Å². The maximum atomic E-state index is 12.9. The SMILES string of the molecule is O=C1C=C[C@@]2(C(=O)Nc3cc(Cl)ccc32)[C@H](c2cccc(Cl)c2)C1. The van der Waals surface area contributed by atoms with Crippen molar-refractivity contribution in [3.05, 3.63) is 75.8 Å². The van der Waals surface area contributed by atoms with E-state index in [-0.39, 0.29) is 24.0 Å². The van der Waals surface area contributed by atoms with E-state index in [2.05, 4.69) is 5.32 Å². The van der Waals surface area contributed by atoms with E-state index in [0.717, 1.165) is 11.1 Å². The Hall–Kier alpha value is -2.10. The Morgan fingerprint density at radius 3 is 2.62 bits per heavy atom. The first-order valence-corrected chi connectivity index (χ1v) is 8.35. The van der Waals surface area contributed by atoms with E-state index < -0.39 is 5.41 Å². The van der Waals surface area contributed by atoms with Crippen molar-refractivity contribution >= 4 is 40.6 Å². The zero-order valence-electron chi connectivity index (χ0n) is 12.6. The van der Waals surface area contributed by atoms with Crippen LogP contribution in [0.15, 0.2) is 54.6 Å². The molecule has 2 atom stereocenters. The quantitative estimate of drug-likeness (QED) is 0.816. The van der Waals surface area contributed by atoms with Crippen LogP contribution in [0.1, 0.15) is 23.5 Å². The lowest BCUT2D eigenvalue weighted by atomic mass is 9.64. The van der Waals surface area contributed by atoms with Gasteiger partial charge in [0.2, 0.25) is 5.91 Å². The normalized spacial score (nSPS) is 25.0. The Kier molecular flexibility index (Phi) is 3.52. The number of amides is 1. The molecule has 0 saturated heterocycles. The summed E-state index contributed by atoms with van der Waals surface area (Å²) in [5, 5.41) is 4.05. The van der Waals surface area contributed by atoms with Gasteiger partial charge in [0.15, 0.2) is 5.78 Å². The molecule has 0 fully saturated rings. The van der Waals surface area contributed by atoms with E-state index in [9.17, 15) is 9.59 Å². The summed E-state index contributed by atoms with van der Waals surface area (Å²) < 4.78 is 0. The van der Waals surface area contributed by atoms with Gasteiger partial charge in [-0.1, -0.05) is 47.5 Å². The summed E-state index contributed by atoms with van der Waals surface area (Å²) in [7, 11) is 0. The standard InChI is InChI=1S/C19H13Cl2NO2/c20-12-3-1-2-11(8-12)16-10-14(23)6-7-19(16)15-5-4-13(21)9-17(15)22-18(19)24/h1-9,16H,10H2,(H,22,24)/t16-,19-/m0/s1. The highest BCUT2D eigenvalue weighted by atomic mass is 35.5. The van der Waals surface area contributed by atoms with Crippen LogP contribution in [0.3, 0.4) is 0 Å². The molecular weight excluding hydrogens is 345 g/mol. The molecule has 0 radical (unpaired) electrons. The molecule has 4 rings (SSSR count). The third-order valence-corrected chi connectivity index (χ3v) is 5.26. The number of carbonyl (C=O) groups excluding carboxylic acids is 2. The van der Waals surface area contributed by atoms with Gasteiger partial charge in [-0.05, 0) is 41.5 Å². The van der Waals surface area contributed by atoms with E-state index in [1.54, 1.807) is 24.3 Å². The predicted molar refractivity (Wildman–Crippen MR) is 94.7 cm³/mol. The molecule has 1 spiro atoms. The topological polar surface area (TPSA) is 46.2 Å². The van der Waals surface area contributed by atoms with Crippen LogP contribution >= 0.6 is 23.2 Å². The smallest absolute Gasteiger partial charge is 0.239 e. The Morgan fingerprint density at radius 2 is 1.83 bits per heavy atom. The summed E-state index contributed by atoms with van der Waals surface area (Å²) in [6.45, 7) is 0. The minimum absolute atomic E-state index is 0.000754. The number of anilines is 1. The molecule has 2 aromatic rings.